The minimum absolute atomic E-state index is 0.447. The molecule has 1 fully saturated rings. The summed E-state index contributed by atoms with van der Waals surface area (Å²) in [7, 11) is 0. The molecule has 0 amide bonds. The van der Waals surface area contributed by atoms with Gasteiger partial charge in [-0.1, -0.05) is 23.2 Å². The van der Waals surface area contributed by atoms with Gasteiger partial charge in [-0.15, -0.1) is 0 Å². The molecule has 0 saturated carbocycles. The van der Waals surface area contributed by atoms with Gasteiger partial charge in [0.2, 0.25) is 0 Å². The lowest BCUT2D eigenvalue weighted by Gasteiger charge is -2.31. The van der Waals surface area contributed by atoms with E-state index in [9.17, 15) is 0 Å². The average Bonchev–Trinajstić information content (AvgIpc) is 2.22. The van der Waals surface area contributed by atoms with E-state index >= 15 is 0 Å². The number of nitrogens with one attached hydrogen (secondary N) is 1. The monoisotopic (exact) mass is 259 g/mol. The van der Waals surface area contributed by atoms with Gasteiger partial charge in [0.15, 0.2) is 0 Å². The lowest BCUT2D eigenvalue weighted by Crippen LogP contribution is -2.48. The maximum atomic E-state index is 6.12. The van der Waals surface area contributed by atoms with Crippen LogP contribution in [-0.4, -0.2) is 35.6 Å². The van der Waals surface area contributed by atoms with Crippen molar-refractivity contribution in [2.24, 2.45) is 0 Å². The fourth-order valence-corrected chi connectivity index (χ4v) is 2.37. The summed E-state index contributed by atoms with van der Waals surface area (Å²) in [6, 6.07) is 2.23. The van der Waals surface area contributed by atoms with E-state index in [0.717, 1.165) is 31.7 Å². The van der Waals surface area contributed by atoms with Crippen molar-refractivity contribution in [2.75, 3.05) is 19.6 Å². The summed E-state index contributed by atoms with van der Waals surface area (Å²) in [6.45, 7) is 6.14. The second-order valence-corrected chi connectivity index (χ2v) is 4.98. The van der Waals surface area contributed by atoms with E-state index in [2.05, 4.69) is 22.1 Å². The number of halogens is 2. The largest absolute Gasteiger partial charge is 0.312 e. The first-order valence-electron chi connectivity index (χ1n) is 5.41. The molecule has 1 aromatic rings. The first kappa shape index (κ1) is 12.1. The molecule has 0 radical (unpaired) electrons. The molecule has 0 aromatic carbocycles. The van der Waals surface area contributed by atoms with E-state index in [-0.39, 0.29) is 0 Å². The highest BCUT2D eigenvalue weighted by atomic mass is 35.5. The van der Waals surface area contributed by atoms with Crippen molar-refractivity contribution in [3.8, 4) is 0 Å². The van der Waals surface area contributed by atoms with Crippen LogP contribution in [0, 0.1) is 0 Å². The van der Waals surface area contributed by atoms with Crippen molar-refractivity contribution in [1.29, 1.82) is 0 Å². The van der Waals surface area contributed by atoms with E-state index in [1.54, 1.807) is 12.3 Å². The Balaban J connectivity index is 2.02. The summed E-state index contributed by atoms with van der Waals surface area (Å²) in [5.41, 5.74) is 1.04. The highest BCUT2D eigenvalue weighted by molar-refractivity contribution is 6.34. The minimum atomic E-state index is 0.447. The van der Waals surface area contributed by atoms with Crippen LogP contribution in [0.25, 0.3) is 0 Å². The van der Waals surface area contributed by atoms with Crippen LogP contribution in [-0.2, 0) is 6.54 Å². The molecular formula is C11H15Cl2N3. The summed E-state index contributed by atoms with van der Waals surface area (Å²) in [5.74, 6) is 0. The fraction of sp³-hybridized carbons (Fsp3) is 0.545. The van der Waals surface area contributed by atoms with Gasteiger partial charge in [0.25, 0.3) is 0 Å². The van der Waals surface area contributed by atoms with E-state index < -0.39 is 0 Å². The molecule has 16 heavy (non-hydrogen) atoms. The van der Waals surface area contributed by atoms with Crippen molar-refractivity contribution in [1.82, 2.24) is 15.2 Å². The van der Waals surface area contributed by atoms with Gasteiger partial charge in [0.05, 0.1) is 0 Å². The topological polar surface area (TPSA) is 28.2 Å². The molecule has 2 heterocycles. The van der Waals surface area contributed by atoms with Gasteiger partial charge in [-0.3, -0.25) is 4.90 Å². The highest BCUT2D eigenvalue weighted by Gasteiger charge is 2.16. The molecule has 0 spiro atoms. The van der Waals surface area contributed by atoms with E-state index in [1.165, 1.54) is 0 Å². The smallest absolute Gasteiger partial charge is 0.130 e. The molecular weight excluding hydrogens is 245 g/mol. The first-order chi connectivity index (χ1) is 7.65. The van der Waals surface area contributed by atoms with Gasteiger partial charge in [-0.2, -0.15) is 0 Å². The molecule has 88 valence electrons. The van der Waals surface area contributed by atoms with Crippen LogP contribution >= 0.6 is 23.2 Å². The Morgan fingerprint density at radius 2 is 2.38 bits per heavy atom. The average molecular weight is 260 g/mol. The first-order valence-corrected chi connectivity index (χ1v) is 6.16. The van der Waals surface area contributed by atoms with Crippen LogP contribution in [0.1, 0.15) is 12.5 Å². The van der Waals surface area contributed by atoms with E-state index in [4.69, 9.17) is 23.2 Å². The predicted octanol–water partition coefficient (Wildman–Crippen LogP) is 2.18. The lowest BCUT2D eigenvalue weighted by atomic mass is 10.2. The van der Waals surface area contributed by atoms with Crippen LogP contribution in [0.15, 0.2) is 12.3 Å². The predicted molar refractivity (Wildman–Crippen MR) is 67.0 cm³/mol. The number of pyridine rings is 1. The second-order valence-electron chi connectivity index (χ2n) is 4.19. The standard InChI is InChI=1S/C11H15Cl2N3/c1-8-6-16(3-2-14-8)7-9-5-15-11(13)4-10(9)12/h4-5,8,14H,2-3,6-7H2,1H3. The van der Waals surface area contributed by atoms with Crippen molar-refractivity contribution in [2.45, 2.75) is 19.5 Å². The number of hydrogen-bond donors (Lipinski definition) is 1. The quantitative estimate of drug-likeness (QED) is 0.826. The molecule has 0 bridgehead atoms. The zero-order valence-electron chi connectivity index (χ0n) is 9.21. The van der Waals surface area contributed by atoms with E-state index in [1.807, 2.05) is 0 Å². The van der Waals surface area contributed by atoms with Crippen LogP contribution in [0.4, 0.5) is 0 Å². The Bertz CT molecular complexity index is 370. The third kappa shape index (κ3) is 3.08. The normalized spacial score (nSPS) is 22.3. The Morgan fingerprint density at radius 1 is 1.56 bits per heavy atom. The Hall–Kier alpha value is -0.350. The van der Waals surface area contributed by atoms with Gasteiger partial charge >= 0.3 is 0 Å². The lowest BCUT2D eigenvalue weighted by molar-refractivity contribution is 0.199. The van der Waals surface area contributed by atoms with Crippen LogP contribution in [0.5, 0.6) is 0 Å². The number of rotatable bonds is 2. The molecule has 0 aliphatic carbocycles. The molecule has 1 saturated heterocycles. The fourth-order valence-electron chi connectivity index (χ4n) is 1.95. The van der Waals surface area contributed by atoms with Crippen molar-refractivity contribution in [3.63, 3.8) is 0 Å². The summed E-state index contributed by atoms with van der Waals surface area (Å²) in [6.07, 6.45) is 1.76. The molecule has 3 nitrogen and oxygen atoms in total. The number of nitrogens with zero attached hydrogens (tertiary/aromatic N) is 2. The number of piperazine rings is 1. The molecule has 1 atom stereocenters. The maximum absolute atomic E-state index is 6.12. The summed E-state index contributed by atoms with van der Waals surface area (Å²) in [5, 5.41) is 4.56. The molecule has 1 unspecified atom stereocenters. The highest BCUT2D eigenvalue weighted by Crippen LogP contribution is 2.20. The van der Waals surface area contributed by atoms with Crippen molar-refractivity contribution < 1.29 is 0 Å². The SMILES string of the molecule is CC1CN(Cc2cnc(Cl)cc2Cl)CCN1. The molecule has 2 rings (SSSR count). The minimum Gasteiger partial charge on any atom is -0.312 e. The zero-order chi connectivity index (χ0) is 11.5. The molecule has 1 aliphatic rings. The van der Waals surface area contributed by atoms with E-state index in [0.29, 0.717) is 16.2 Å². The van der Waals surface area contributed by atoms with Crippen LogP contribution in [0.2, 0.25) is 10.2 Å². The van der Waals surface area contributed by atoms with Crippen molar-refractivity contribution in [3.05, 3.63) is 28.0 Å². The van der Waals surface area contributed by atoms with Crippen molar-refractivity contribution >= 4 is 23.2 Å². The van der Waals surface area contributed by atoms with Gasteiger partial charge in [-0.05, 0) is 13.0 Å². The third-order valence-electron chi connectivity index (χ3n) is 2.74. The molecule has 5 heteroatoms. The van der Waals surface area contributed by atoms with Crippen LogP contribution in [0.3, 0.4) is 0 Å². The maximum Gasteiger partial charge on any atom is 0.130 e. The Labute approximate surface area is 106 Å². The summed E-state index contributed by atoms with van der Waals surface area (Å²) >= 11 is 11.9. The van der Waals surface area contributed by atoms with Gasteiger partial charge in [-0.25, -0.2) is 4.98 Å². The molecule has 1 N–H and O–H groups in total. The Kier molecular flexibility index (Phi) is 4.03. The Morgan fingerprint density at radius 3 is 3.06 bits per heavy atom. The second kappa shape index (κ2) is 5.32. The molecule has 1 aromatic heterocycles. The number of aromatic nitrogens is 1. The van der Waals surface area contributed by atoms with Gasteiger partial charge < -0.3 is 5.32 Å². The van der Waals surface area contributed by atoms with Gasteiger partial charge in [0.1, 0.15) is 5.15 Å². The van der Waals surface area contributed by atoms with Crippen LogP contribution < -0.4 is 5.32 Å². The third-order valence-corrected chi connectivity index (χ3v) is 3.30. The summed E-state index contributed by atoms with van der Waals surface area (Å²) < 4.78 is 0. The molecule has 1 aliphatic heterocycles. The summed E-state index contributed by atoms with van der Waals surface area (Å²) in [4.78, 5) is 6.44. The van der Waals surface area contributed by atoms with Gasteiger partial charge in [0, 0.05) is 49.0 Å². The zero-order valence-corrected chi connectivity index (χ0v) is 10.7. The number of hydrogen-bond acceptors (Lipinski definition) is 3.